The number of likely N-dealkylation sites (N-methyl/N-ethyl adjacent to an activating group) is 1. The van der Waals surface area contributed by atoms with E-state index in [1.807, 2.05) is 43.4 Å². The second-order valence-electron chi connectivity index (χ2n) is 6.79. The molecule has 150 valence electrons. The van der Waals surface area contributed by atoms with Crippen LogP contribution in [0.15, 0.2) is 65.1 Å². The van der Waals surface area contributed by atoms with Crippen LogP contribution >= 0.6 is 11.6 Å². The third-order valence-corrected chi connectivity index (χ3v) is 4.62. The van der Waals surface area contributed by atoms with Gasteiger partial charge in [0.25, 0.3) is 11.8 Å². The highest BCUT2D eigenvalue weighted by Gasteiger charge is 2.14. The number of carbonyl (C=O) groups is 2. The van der Waals surface area contributed by atoms with Crippen LogP contribution in [-0.2, 0) is 11.3 Å². The molecule has 0 bridgehead atoms. The molecule has 0 saturated heterocycles. The van der Waals surface area contributed by atoms with Gasteiger partial charge in [0, 0.05) is 28.9 Å². The van der Waals surface area contributed by atoms with Crippen molar-refractivity contribution in [2.45, 2.75) is 6.54 Å². The quantitative estimate of drug-likeness (QED) is 0.558. The summed E-state index contributed by atoms with van der Waals surface area (Å²) in [6, 6.07) is 18.1. The van der Waals surface area contributed by atoms with Crippen molar-refractivity contribution in [3.63, 3.8) is 0 Å². The van der Waals surface area contributed by atoms with Crippen LogP contribution in [0.25, 0.3) is 11.3 Å². The highest BCUT2D eigenvalue weighted by atomic mass is 35.5. The molecule has 1 atom stereocenters. The van der Waals surface area contributed by atoms with Crippen molar-refractivity contribution in [2.75, 3.05) is 26.0 Å². The van der Waals surface area contributed by atoms with E-state index in [1.54, 1.807) is 31.3 Å². The van der Waals surface area contributed by atoms with Crippen molar-refractivity contribution in [3.8, 4) is 11.3 Å². The third kappa shape index (κ3) is 5.70. The smallest absolute Gasteiger partial charge is 0.279 e. The molecular weight excluding hydrogens is 390 g/mol. The predicted molar refractivity (Wildman–Crippen MR) is 113 cm³/mol. The molecule has 0 aliphatic rings. The lowest BCUT2D eigenvalue weighted by atomic mass is 10.2. The molecule has 0 aliphatic carbocycles. The molecule has 0 radical (unpaired) electrons. The van der Waals surface area contributed by atoms with Crippen LogP contribution in [0.5, 0.6) is 0 Å². The first kappa shape index (κ1) is 20.6. The molecule has 2 amide bonds. The van der Waals surface area contributed by atoms with Gasteiger partial charge in [-0.25, -0.2) is 0 Å². The first-order chi connectivity index (χ1) is 13.9. The zero-order valence-corrected chi connectivity index (χ0v) is 17.0. The van der Waals surface area contributed by atoms with Crippen LogP contribution in [0, 0.1) is 0 Å². The van der Waals surface area contributed by atoms with Crippen LogP contribution in [0.1, 0.15) is 16.1 Å². The Hall–Kier alpha value is -3.09. The van der Waals surface area contributed by atoms with Crippen molar-refractivity contribution in [2.24, 2.45) is 0 Å². The van der Waals surface area contributed by atoms with Crippen LogP contribution < -0.4 is 15.5 Å². The van der Waals surface area contributed by atoms with Crippen molar-refractivity contribution in [1.29, 1.82) is 0 Å². The first-order valence-electron chi connectivity index (χ1n) is 9.22. The molecule has 7 heteroatoms. The summed E-state index contributed by atoms with van der Waals surface area (Å²) in [5, 5.41) is 6.07. The number of benzene rings is 2. The topological polar surface area (TPSA) is 75.8 Å². The molecule has 1 unspecified atom stereocenters. The van der Waals surface area contributed by atoms with E-state index in [9.17, 15) is 9.59 Å². The molecule has 3 rings (SSSR count). The van der Waals surface area contributed by atoms with E-state index in [-0.39, 0.29) is 18.4 Å². The summed E-state index contributed by atoms with van der Waals surface area (Å²) in [5.74, 6) is 1.22. The Bertz CT molecular complexity index is 999. The summed E-state index contributed by atoms with van der Waals surface area (Å²) in [6.07, 6.45) is 0. The fourth-order valence-corrected chi connectivity index (χ4v) is 3.09. The first-order valence-corrected chi connectivity index (χ1v) is 9.60. The summed E-state index contributed by atoms with van der Waals surface area (Å²) in [7, 11) is 3.49. The number of furan rings is 1. The van der Waals surface area contributed by atoms with Crippen molar-refractivity contribution >= 4 is 29.1 Å². The molecular formula is C22H23ClN3O3+. The van der Waals surface area contributed by atoms with Crippen molar-refractivity contribution in [3.05, 3.63) is 77.0 Å². The summed E-state index contributed by atoms with van der Waals surface area (Å²) < 4.78 is 5.89. The molecule has 2 aromatic carbocycles. The van der Waals surface area contributed by atoms with E-state index >= 15 is 0 Å². The molecule has 29 heavy (non-hydrogen) atoms. The largest absolute Gasteiger partial charge is 0.455 e. The summed E-state index contributed by atoms with van der Waals surface area (Å²) in [4.78, 5) is 25.0. The van der Waals surface area contributed by atoms with E-state index in [4.69, 9.17) is 16.0 Å². The van der Waals surface area contributed by atoms with E-state index in [0.717, 1.165) is 22.0 Å². The molecule has 0 spiro atoms. The minimum atomic E-state index is -0.196. The Kier molecular flexibility index (Phi) is 6.69. The molecule has 0 saturated carbocycles. The van der Waals surface area contributed by atoms with Crippen LogP contribution in [0.4, 0.5) is 5.69 Å². The lowest BCUT2D eigenvalue weighted by Crippen LogP contribution is -3.08. The van der Waals surface area contributed by atoms with E-state index in [2.05, 4.69) is 10.6 Å². The van der Waals surface area contributed by atoms with Gasteiger partial charge in [0.1, 0.15) is 12.3 Å². The normalized spacial score (nSPS) is 11.7. The van der Waals surface area contributed by atoms with Gasteiger partial charge in [-0.3, -0.25) is 9.59 Å². The number of rotatable bonds is 7. The Morgan fingerprint density at radius 3 is 2.55 bits per heavy atom. The number of anilines is 1. The lowest BCUT2D eigenvalue weighted by molar-refractivity contribution is -0.886. The average Bonchev–Trinajstić information content (AvgIpc) is 3.16. The van der Waals surface area contributed by atoms with Crippen molar-refractivity contribution < 1.29 is 18.9 Å². The molecule has 0 aliphatic heterocycles. The molecule has 0 fully saturated rings. The van der Waals surface area contributed by atoms with E-state index < -0.39 is 0 Å². The molecule has 6 nitrogen and oxygen atoms in total. The SMILES string of the molecule is CNC(=O)c1cccc(NC(=O)C[NH+](C)Cc2ccc(-c3ccc(Cl)cc3)o2)c1. The summed E-state index contributed by atoms with van der Waals surface area (Å²) >= 11 is 5.92. The van der Waals surface area contributed by atoms with Crippen LogP contribution in [0.3, 0.4) is 0 Å². The standard InChI is InChI=1S/C22H22ClN3O3/c1-24-22(28)16-4-3-5-18(12-16)25-21(27)14-26(2)13-19-10-11-20(29-19)15-6-8-17(23)9-7-15/h3-12H,13-14H2,1-2H3,(H,24,28)(H,25,27)/p+1. The summed E-state index contributed by atoms with van der Waals surface area (Å²) in [6.45, 7) is 0.834. The van der Waals surface area contributed by atoms with Crippen LogP contribution in [0.2, 0.25) is 5.02 Å². The number of nitrogens with one attached hydrogen (secondary N) is 3. The van der Waals surface area contributed by atoms with E-state index in [0.29, 0.717) is 22.8 Å². The highest BCUT2D eigenvalue weighted by molar-refractivity contribution is 6.30. The number of carbonyl (C=O) groups excluding carboxylic acids is 2. The van der Waals surface area contributed by atoms with Gasteiger partial charge in [-0.2, -0.15) is 0 Å². The maximum atomic E-state index is 12.3. The fraction of sp³-hybridized carbons (Fsp3) is 0.182. The number of hydrogen-bond donors (Lipinski definition) is 3. The zero-order chi connectivity index (χ0) is 20.8. The van der Waals surface area contributed by atoms with Crippen molar-refractivity contribution in [1.82, 2.24) is 5.32 Å². The molecule has 1 heterocycles. The maximum absolute atomic E-state index is 12.3. The van der Waals surface area contributed by atoms with Gasteiger partial charge in [-0.15, -0.1) is 0 Å². The highest BCUT2D eigenvalue weighted by Crippen LogP contribution is 2.23. The van der Waals surface area contributed by atoms with Gasteiger partial charge < -0.3 is 20.0 Å². The van der Waals surface area contributed by atoms with E-state index in [1.165, 1.54) is 0 Å². The zero-order valence-electron chi connectivity index (χ0n) is 16.3. The van der Waals surface area contributed by atoms with Gasteiger partial charge in [0.15, 0.2) is 12.3 Å². The van der Waals surface area contributed by atoms with Gasteiger partial charge >= 0.3 is 0 Å². The number of amides is 2. The molecule has 3 N–H and O–H groups in total. The van der Waals surface area contributed by atoms with Gasteiger partial charge in [0.05, 0.1) is 7.05 Å². The minimum absolute atomic E-state index is 0.138. The Balaban J connectivity index is 1.55. The van der Waals surface area contributed by atoms with Gasteiger partial charge in [0.2, 0.25) is 0 Å². The Morgan fingerprint density at radius 1 is 1.07 bits per heavy atom. The van der Waals surface area contributed by atoms with Gasteiger partial charge in [-0.05, 0) is 54.6 Å². The Labute approximate surface area is 174 Å². The Morgan fingerprint density at radius 2 is 1.83 bits per heavy atom. The third-order valence-electron chi connectivity index (χ3n) is 4.36. The van der Waals surface area contributed by atoms with Gasteiger partial charge in [-0.1, -0.05) is 17.7 Å². The van der Waals surface area contributed by atoms with Crippen LogP contribution in [-0.4, -0.2) is 32.5 Å². The minimum Gasteiger partial charge on any atom is -0.455 e. The average molecular weight is 413 g/mol. The second-order valence-corrected chi connectivity index (χ2v) is 7.23. The second kappa shape index (κ2) is 9.41. The molecule has 3 aromatic rings. The summed E-state index contributed by atoms with van der Waals surface area (Å²) in [5.41, 5.74) is 2.04. The number of hydrogen-bond acceptors (Lipinski definition) is 3. The fourth-order valence-electron chi connectivity index (χ4n) is 2.96. The molecule has 1 aromatic heterocycles. The monoisotopic (exact) mass is 412 g/mol. The maximum Gasteiger partial charge on any atom is 0.279 e. The lowest BCUT2D eigenvalue weighted by Gasteiger charge is -2.13. The predicted octanol–water partition coefficient (Wildman–Crippen LogP) is 2.61. The number of quaternary nitrogens is 1. The number of halogens is 1.